The average molecular weight is 364 g/mol. The number of carbonyl (C=O) groups excluding carboxylic acids is 1. The van der Waals surface area contributed by atoms with E-state index in [4.69, 9.17) is 0 Å². The molecular weight excluding hydrogens is 336 g/mol. The van der Waals surface area contributed by atoms with Crippen molar-refractivity contribution >= 4 is 11.7 Å². The summed E-state index contributed by atoms with van der Waals surface area (Å²) in [5, 5.41) is 2.95. The first-order chi connectivity index (χ1) is 13.3. The van der Waals surface area contributed by atoms with Gasteiger partial charge in [0, 0.05) is 19.6 Å². The molecule has 2 aromatic rings. The van der Waals surface area contributed by atoms with Crippen molar-refractivity contribution in [2.24, 2.45) is 0 Å². The lowest BCUT2D eigenvalue weighted by atomic mass is 9.97. The van der Waals surface area contributed by atoms with Crippen LogP contribution in [-0.4, -0.2) is 29.0 Å². The molecule has 27 heavy (non-hydrogen) atoms. The lowest BCUT2D eigenvalue weighted by molar-refractivity contribution is 0.0948. The minimum atomic E-state index is -0.156. The molecule has 0 radical (unpaired) electrons. The van der Waals surface area contributed by atoms with E-state index in [0.717, 1.165) is 25.3 Å². The molecule has 1 aliphatic rings. The maximum atomic E-state index is 12.3. The Morgan fingerprint density at radius 1 is 1.15 bits per heavy atom. The van der Waals surface area contributed by atoms with Crippen molar-refractivity contribution in [3.8, 4) is 0 Å². The Morgan fingerprint density at radius 3 is 2.67 bits per heavy atom. The van der Waals surface area contributed by atoms with Gasteiger partial charge in [-0.25, -0.2) is 9.97 Å². The quantitative estimate of drug-likeness (QED) is 0.716. The summed E-state index contributed by atoms with van der Waals surface area (Å²) in [4.78, 5) is 23.2. The van der Waals surface area contributed by atoms with Gasteiger partial charge in [-0.05, 0) is 44.6 Å². The van der Waals surface area contributed by atoms with E-state index in [1.165, 1.54) is 36.8 Å². The third-order valence-corrected chi connectivity index (χ3v) is 4.91. The van der Waals surface area contributed by atoms with Crippen LogP contribution in [0.2, 0.25) is 0 Å². The summed E-state index contributed by atoms with van der Waals surface area (Å²) in [7, 11) is 0. The van der Waals surface area contributed by atoms with Gasteiger partial charge < -0.3 is 10.2 Å². The highest BCUT2D eigenvalue weighted by atomic mass is 16.1. The zero-order chi connectivity index (χ0) is 18.9. The van der Waals surface area contributed by atoms with Gasteiger partial charge in [0.25, 0.3) is 5.91 Å². The van der Waals surface area contributed by atoms with E-state index in [1.54, 1.807) is 12.4 Å². The molecule has 5 heteroatoms. The smallest absolute Gasteiger partial charge is 0.271 e. The van der Waals surface area contributed by atoms with Gasteiger partial charge in [-0.2, -0.15) is 0 Å². The largest absolute Gasteiger partial charge is 0.351 e. The van der Waals surface area contributed by atoms with Gasteiger partial charge >= 0.3 is 0 Å². The first-order valence-corrected chi connectivity index (χ1v) is 9.83. The molecule has 1 aromatic heterocycles. The Balaban J connectivity index is 1.53. The number of carbonyl (C=O) groups is 1. The lowest BCUT2D eigenvalue weighted by Crippen LogP contribution is -2.27. The number of amides is 1. The van der Waals surface area contributed by atoms with E-state index in [2.05, 4.69) is 45.3 Å². The summed E-state index contributed by atoms with van der Waals surface area (Å²) >= 11 is 0. The predicted molar refractivity (Wildman–Crippen MR) is 109 cm³/mol. The summed E-state index contributed by atoms with van der Waals surface area (Å²) in [6.07, 6.45) is 11.4. The Bertz CT molecular complexity index is 756. The van der Waals surface area contributed by atoms with Gasteiger partial charge in [0.1, 0.15) is 11.5 Å². The van der Waals surface area contributed by atoms with Crippen LogP contribution in [0.5, 0.6) is 0 Å². The van der Waals surface area contributed by atoms with Gasteiger partial charge in [-0.3, -0.25) is 4.79 Å². The Labute approximate surface area is 161 Å². The van der Waals surface area contributed by atoms with E-state index < -0.39 is 0 Å². The molecule has 0 fully saturated rings. The Hall–Kier alpha value is -2.69. The topological polar surface area (TPSA) is 58.1 Å². The summed E-state index contributed by atoms with van der Waals surface area (Å²) in [6.45, 7) is 4.34. The summed E-state index contributed by atoms with van der Waals surface area (Å²) in [6, 6.07) is 10.3. The monoisotopic (exact) mass is 364 g/mol. The summed E-state index contributed by atoms with van der Waals surface area (Å²) < 4.78 is 0. The fraction of sp³-hybridized carbons (Fsp3) is 0.409. The number of hydrogen-bond acceptors (Lipinski definition) is 4. The lowest BCUT2D eigenvalue weighted by Gasteiger charge is -2.21. The van der Waals surface area contributed by atoms with Crippen LogP contribution in [0.1, 0.15) is 55.1 Å². The van der Waals surface area contributed by atoms with Crippen LogP contribution < -0.4 is 10.2 Å². The van der Waals surface area contributed by atoms with Crippen molar-refractivity contribution in [3.63, 3.8) is 0 Å². The highest BCUT2D eigenvalue weighted by Gasteiger charge is 2.11. The third kappa shape index (κ3) is 5.64. The van der Waals surface area contributed by atoms with Crippen LogP contribution in [0, 0.1) is 0 Å². The van der Waals surface area contributed by atoms with Gasteiger partial charge in [-0.1, -0.05) is 42.0 Å². The van der Waals surface area contributed by atoms with E-state index in [1.807, 2.05) is 18.2 Å². The van der Waals surface area contributed by atoms with Crippen molar-refractivity contribution in [2.75, 3.05) is 18.0 Å². The van der Waals surface area contributed by atoms with Crippen LogP contribution in [0.25, 0.3) is 0 Å². The Morgan fingerprint density at radius 2 is 2.00 bits per heavy atom. The first-order valence-electron chi connectivity index (χ1n) is 9.83. The Kier molecular flexibility index (Phi) is 6.97. The van der Waals surface area contributed by atoms with E-state index >= 15 is 0 Å². The molecule has 142 valence electrons. The molecular formula is C22H28N4O. The van der Waals surface area contributed by atoms with E-state index in [-0.39, 0.29) is 5.91 Å². The number of nitrogens with zero attached hydrogens (tertiary/aromatic N) is 3. The fourth-order valence-electron chi connectivity index (χ4n) is 3.32. The van der Waals surface area contributed by atoms with Crippen LogP contribution in [0.3, 0.4) is 0 Å². The second-order valence-electron chi connectivity index (χ2n) is 6.87. The second-order valence-corrected chi connectivity index (χ2v) is 6.87. The third-order valence-electron chi connectivity index (χ3n) is 4.91. The maximum absolute atomic E-state index is 12.3. The van der Waals surface area contributed by atoms with E-state index in [9.17, 15) is 4.79 Å². The molecule has 0 atom stereocenters. The number of benzene rings is 1. The normalized spacial score (nSPS) is 13.7. The number of aromatic nitrogens is 2. The van der Waals surface area contributed by atoms with Crippen molar-refractivity contribution in [2.45, 2.75) is 45.6 Å². The van der Waals surface area contributed by atoms with Crippen molar-refractivity contribution in [1.29, 1.82) is 0 Å². The molecule has 1 amide bonds. The number of nitrogens with one attached hydrogen (secondary N) is 1. The summed E-state index contributed by atoms with van der Waals surface area (Å²) in [5.74, 6) is 0.627. The highest BCUT2D eigenvalue weighted by molar-refractivity contribution is 5.92. The molecule has 1 aliphatic carbocycles. The molecule has 3 rings (SSSR count). The highest BCUT2D eigenvalue weighted by Crippen LogP contribution is 2.19. The minimum Gasteiger partial charge on any atom is -0.351 e. The molecule has 0 unspecified atom stereocenters. The molecule has 0 spiro atoms. The summed E-state index contributed by atoms with van der Waals surface area (Å²) in [5.41, 5.74) is 3.05. The van der Waals surface area contributed by atoms with E-state index in [0.29, 0.717) is 12.2 Å². The second kappa shape index (κ2) is 9.86. The molecule has 0 saturated carbocycles. The average Bonchev–Trinajstić information content (AvgIpc) is 2.73. The number of rotatable bonds is 8. The van der Waals surface area contributed by atoms with Crippen LogP contribution in [0.15, 0.2) is 54.4 Å². The molecule has 1 heterocycles. The minimum absolute atomic E-state index is 0.156. The SMILES string of the molecule is CCN(Cc1ccccc1)c1cnc(C(=O)NCCC2=CCCCC2)cn1. The zero-order valence-electron chi connectivity index (χ0n) is 16.0. The number of anilines is 1. The molecule has 1 N–H and O–H groups in total. The molecule has 0 saturated heterocycles. The number of allylic oxidation sites excluding steroid dienone is 1. The molecule has 0 aliphatic heterocycles. The molecule has 0 bridgehead atoms. The van der Waals surface area contributed by atoms with Crippen LogP contribution >= 0.6 is 0 Å². The van der Waals surface area contributed by atoms with Crippen LogP contribution in [0.4, 0.5) is 5.82 Å². The van der Waals surface area contributed by atoms with Crippen molar-refractivity contribution in [3.05, 3.63) is 65.6 Å². The fourth-order valence-corrected chi connectivity index (χ4v) is 3.32. The maximum Gasteiger partial charge on any atom is 0.271 e. The van der Waals surface area contributed by atoms with Crippen LogP contribution in [-0.2, 0) is 6.54 Å². The number of hydrogen-bond donors (Lipinski definition) is 1. The van der Waals surface area contributed by atoms with Gasteiger partial charge in [-0.15, -0.1) is 0 Å². The predicted octanol–water partition coefficient (Wildman–Crippen LogP) is 4.12. The van der Waals surface area contributed by atoms with Crippen molar-refractivity contribution in [1.82, 2.24) is 15.3 Å². The van der Waals surface area contributed by atoms with Gasteiger partial charge in [0.05, 0.1) is 12.4 Å². The zero-order valence-corrected chi connectivity index (χ0v) is 16.0. The molecule has 1 aromatic carbocycles. The molecule has 5 nitrogen and oxygen atoms in total. The van der Waals surface area contributed by atoms with Gasteiger partial charge in [0.15, 0.2) is 0 Å². The first kappa shape index (κ1) is 19.1. The van der Waals surface area contributed by atoms with Crippen molar-refractivity contribution < 1.29 is 4.79 Å². The standard InChI is InChI=1S/C22H28N4O/c1-2-26(17-19-11-7-4-8-12-19)21-16-24-20(15-25-21)22(27)23-14-13-18-9-5-3-6-10-18/h4,7-9,11-12,15-16H,2-3,5-6,10,13-14,17H2,1H3,(H,23,27). The van der Waals surface area contributed by atoms with Gasteiger partial charge in [0.2, 0.25) is 0 Å².